The number of carbonyl (C=O) groups is 1. The molecule has 0 saturated carbocycles. The molecule has 0 amide bonds. The van der Waals surface area contributed by atoms with Gasteiger partial charge in [-0.3, -0.25) is 0 Å². The van der Waals surface area contributed by atoms with Crippen molar-refractivity contribution in [3.05, 3.63) is 53.6 Å². The lowest BCUT2D eigenvalue weighted by molar-refractivity contribution is -0.138. The van der Waals surface area contributed by atoms with Crippen molar-refractivity contribution < 1.29 is 9.53 Å². The van der Waals surface area contributed by atoms with Crippen molar-refractivity contribution in [2.45, 2.75) is 33.1 Å². The van der Waals surface area contributed by atoms with Crippen molar-refractivity contribution in [2.24, 2.45) is 0 Å². The van der Waals surface area contributed by atoms with Gasteiger partial charge in [-0.1, -0.05) is 62.2 Å². The van der Waals surface area contributed by atoms with E-state index in [9.17, 15) is 4.79 Å². The summed E-state index contributed by atoms with van der Waals surface area (Å²) in [5.74, 6) is -0.265. The maximum atomic E-state index is 11.9. The van der Waals surface area contributed by atoms with Crippen molar-refractivity contribution in [3.63, 3.8) is 0 Å². The third kappa shape index (κ3) is 6.05. The van der Waals surface area contributed by atoms with Crippen LogP contribution in [0.4, 0.5) is 0 Å². The second-order valence-electron chi connectivity index (χ2n) is 4.28. The highest BCUT2D eigenvalue weighted by atomic mass is 16.5. The van der Waals surface area contributed by atoms with Crippen LogP contribution in [0.25, 0.3) is 6.08 Å². The normalized spacial score (nSPS) is 11.8. The Morgan fingerprint density at radius 1 is 1.21 bits per heavy atom. The highest BCUT2D eigenvalue weighted by molar-refractivity contribution is 5.96. The Morgan fingerprint density at radius 2 is 1.95 bits per heavy atom. The van der Waals surface area contributed by atoms with Gasteiger partial charge in [-0.05, 0) is 25.0 Å². The zero-order chi connectivity index (χ0) is 13.9. The Balaban J connectivity index is 2.83. The first-order valence-electron chi connectivity index (χ1n) is 6.88. The Morgan fingerprint density at radius 3 is 2.58 bits per heavy atom. The number of unbranched alkanes of at least 4 members (excludes halogenated alkanes) is 2. The summed E-state index contributed by atoms with van der Waals surface area (Å²) in [5, 5.41) is 0. The van der Waals surface area contributed by atoms with E-state index in [0.29, 0.717) is 12.2 Å². The number of ether oxygens (including phenoxy) is 1. The fourth-order valence-corrected chi connectivity index (χ4v) is 1.65. The fourth-order valence-electron chi connectivity index (χ4n) is 1.65. The Hall–Kier alpha value is -1.83. The van der Waals surface area contributed by atoms with Crippen LogP contribution in [0.15, 0.2) is 48.1 Å². The number of benzene rings is 1. The van der Waals surface area contributed by atoms with E-state index < -0.39 is 0 Å². The van der Waals surface area contributed by atoms with Crippen LogP contribution in [0, 0.1) is 0 Å². The lowest BCUT2D eigenvalue weighted by atomic mass is 10.1. The molecule has 0 fully saturated rings. The molecule has 0 bridgehead atoms. The summed E-state index contributed by atoms with van der Waals surface area (Å²) in [5.41, 5.74) is 1.61. The first-order valence-corrected chi connectivity index (χ1v) is 6.88. The van der Waals surface area contributed by atoms with Crippen LogP contribution >= 0.6 is 0 Å². The van der Waals surface area contributed by atoms with Crippen LogP contribution in [0.2, 0.25) is 0 Å². The van der Waals surface area contributed by atoms with Crippen LogP contribution in [0.3, 0.4) is 0 Å². The Labute approximate surface area is 115 Å². The highest BCUT2D eigenvalue weighted by Crippen LogP contribution is 2.10. The molecule has 102 valence electrons. The molecule has 0 heterocycles. The van der Waals surface area contributed by atoms with E-state index in [1.165, 1.54) is 0 Å². The molecule has 2 nitrogen and oxygen atoms in total. The van der Waals surface area contributed by atoms with Crippen molar-refractivity contribution in [1.29, 1.82) is 0 Å². The standard InChI is InChI=1S/C17H22O2/c1-3-5-6-10-13-16(17(18)19-4-2)14-15-11-8-7-9-12-15/h7-14H,3-6H2,1-2H3/b13-10+,16-14-. The summed E-state index contributed by atoms with van der Waals surface area (Å²) in [4.78, 5) is 11.9. The third-order valence-corrected chi connectivity index (χ3v) is 2.65. The minimum atomic E-state index is -0.265. The summed E-state index contributed by atoms with van der Waals surface area (Å²) in [6, 6.07) is 9.81. The second kappa shape index (κ2) is 9.15. The summed E-state index contributed by atoms with van der Waals surface area (Å²) in [7, 11) is 0. The third-order valence-electron chi connectivity index (χ3n) is 2.65. The largest absolute Gasteiger partial charge is 0.462 e. The van der Waals surface area contributed by atoms with Gasteiger partial charge in [0.2, 0.25) is 0 Å². The zero-order valence-corrected chi connectivity index (χ0v) is 11.8. The van der Waals surface area contributed by atoms with Crippen LogP contribution in [-0.4, -0.2) is 12.6 Å². The molecule has 0 saturated heterocycles. The number of carbonyl (C=O) groups excluding carboxylic acids is 1. The van der Waals surface area contributed by atoms with Crippen molar-refractivity contribution in [3.8, 4) is 0 Å². The smallest absolute Gasteiger partial charge is 0.338 e. The van der Waals surface area contributed by atoms with E-state index in [-0.39, 0.29) is 5.97 Å². The van der Waals surface area contributed by atoms with Crippen molar-refractivity contribution in [2.75, 3.05) is 6.61 Å². The van der Waals surface area contributed by atoms with Crippen molar-refractivity contribution in [1.82, 2.24) is 0 Å². The maximum absolute atomic E-state index is 11.9. The molecule has 0 aliphatic heterocycles. The number of allylic oxidation sites excluding steroid dienone is 1. The second-order valence-corrected chi connectivity index (χ2v) is 4.28. The van der Waals surface area contributed by atoms with Gasteiger partial charge in [0, 0.05) is 0 Å². The molecule has 0 aliphatic rings. The molecular formula is C17H22O2. The van der Waals surface area contributed by atoms with Gasteiger partial charge in [-0.15, -0.1) is 0 Å². The molecule has 0 aliphatic carbocycles. The van der Waals surface area contributed by atoms with E-state index in [2.05, 4.69) is 6.92 Å². The highest BCUT2D eigenvalue weighted by Gasteiger charge is 2.06. The molecule has 19 heavy (non-hydrogen) atoms. The minimum Gasteiger partial charge on any atom is -0.462 e. The quantitative estimate of drug-likeness (QED) is 0.314. The average molecular weight is 258 g/mol. The number of hydrogen-bond acceptors (Lipinski definition) is 2. The molecule has 0 radical (unpaired) electrons. The van der Waals surface area contributed by atoms with E-state index >= 15 is 0 Å². The van der Waals surface area contributed by atoms with Gasteiger partial charge in [0.25, 0.3) is 0 Å². The summed E-state index contributed by atoms with van der Waals surface area (Å²) >= 11 is 0. The molecule has 0 atom stereocenters. The fraction of sp³-hybridized carbons (Fsp3) is 0.353. The van der Waals surface area contributed by atoms with E-state index in [0.717, 1.165) is 24.8 Å². The van der Waals surface area contributed by atoms with E-state index in [1.807, 2.05) is 55.5 Å². The molecule has 2 heteroatoms. The Bertz CT molecular complexity index is 430. The first kappa shape index (κ1) is 15.2. The first-order chi connectivity index (χ1) is 9.27. The predicted octanol–water partition coefficient (Wildman–Crippen LogP) is 4.38. The van der Waals surface area contributed by atoms with E-state index in [1.54, 1.807) is 0 Å². The summed E-state index contributed by atoms with van der Waals surface area (Å²) < 4.78 is 5.07. The molecule has 1 aromatic carbocycles. The number of hydrogen-bond donors (Lipinski definition) is 0. The summed E-state index contributed by atoms with van der Waals surface area (Å²) in [6.07, 6.45) is 9.04. The molecule has 1 aromatic rings. The maximum Gasteiger partial charge on any atom is 0.338 e. The van der Waals surface area contributed by atoms with Gasteiger partial charge >= 0.3 is 5.97 Å². The van der Waals surface area contributed by atoms with Crippen LogP contribution in [-0.2, 0) is 9.53 Å². The lowest BCUT2D eigenvalue weighted by Crippen LogP contribution is -2.05. The van der Waals surface area contributed by atoms with Crippen molar-refractivity contribution >= 4 is 12.0 Å². The minimum absolute atomic E-state index is 0.265. The van der Waals surface area contributed by atoms with Gasteiger partial charge in [0.1, 0.15) is 0 Å². The predicted molar refractivity (Wildman–Crippen MR) is 79.7 cm³/mol. The van der Waals surface area contributed by atoms with Gasteiger partial charge in [-0.2, -0.15) is 0 Å². The monoisotopic (exact) mass is 258 g/mol. The average Bonchev–Trinajstić information content (AvgIpc) is 2.43. The zero-order valence-electron chi connectivity index (χ0n) is 11.8. The molecular weight excluding hydrogens is 236 g/mol. The SMILES string of the molecule is CCCC/C=C/C(=C/c1ccccc1)C(=O)OCC. The molecule has 0 aromatic heterocycles. The Kier molecular flexibility index (Phi) is 7.33. The van der Waals surface area contributed by atoms with Crippen LogP contribution in [0.1, 0.15) is 38.7 Å². The van der Waals surface area contributed by atoms with Gasteiger partial charge in [0.05, 0.1) is 12.2 Å². The van der Waals surface area contributed by atoms with E-state index in [4.69, 9.17) is 4.74 Å². The number of esters is 1. The van der Waals surface area contributed by atoms with Gasteiger partial charge < -0.3 is 4.74 Å². The molecule has 0 N–H and O–H groups in total. The van der Waals surface area contributed by atoms with Crippen LogP contribution < -0.4 is 0 Å². The number of rotatable bonds is 7. The van der Waals surface area contributed by atoms with Gasteiger partial charge in [0.15, 0.2) is 0 Å². The lowest BCUT2D eigenvalue weighted by Gasteiger charge is -2.03. The summed E-state index contributed by atoms with van der Waals surface area (Å²) in [6.45, 7) is 4.37. The topological polar surface area (TPSA) is 26.3 Å². The van der Waals surface area contributed by atoms with Gasteiger partial charge in [-0.25, -0.2) is 4.79 Å². The van der Waals surface area contributed by atoms with Crippen LogP contribution in [0.5, 0.6) is 0 Å². The molecule has 1 rings (SSSR count). The molecule has 0 unspecified atom stereocenters. The molecule has 0 spiro atoms.